The summed E-state index contributed by atoms with van der Waals surface area (Å²) in [4.78, 5) is 19.6. The van der Waals surface area contributed by atoms with Crippen LogP contribution in [0.1, 0.15) is 43.5 Å². The van der Waals surface area contributed by atoms with Gasteiger partial charge in [-0.1, -0.05) is 32.0 Å². The van der Waals surface area contributed by atoms with Crippen molar-refractivity contribution in [1.82, 2.24) is 9.97 Å². The summed E-state index contributed by atoms with van der Waals surface area (Å²) in [5.74, 6) is 0.671. The van der Waals surface area contributed by atoms with E-state index in [2.05, 4.69) is 29.1 Å². The van der Waals surface area contributed by atoms with Gasteiger partial charge < -0.3 is 5.32 Å². The molecule has 1 aliphatic carbocycles. The van der Waals surface area contributed by atoms with Crippen LogP contribution in [0.3, 0.4) is 0 Å². The Hall–Kier alpha value is -1.10. The van der Waals surface area contributed by atoms with Gasteiger partial charge in [0.2, 0.25) is 0 Å². The van der Waals surface area contributed by atoms with E-state index in [9.17, 15) is 4.79 Å². The van der Waals surface area contributed by atoms with E-state index < -0.39 is 0 Å². The van der Waals surface area contributed by atoms with E-state index in [1.54, 1.807) is 6.20 Å². The SMILES string of the molecule is CSc1ncc(C=O)c(NC2CCCC2(C)C)n1. The third-order valence-corrected chi connectivity index (χ3v) is 4.23. The number of carbonyl (C=O) groups excluding carboxylic acids is 1. The molecule has 1 fully saturated rings. The number of nitrogens with one attached hydrogen (secondary N) is 1. The van der Waals surface area contributed by atoms with E-state index >= 15 is 0 Å². The quantitative estimate of drug-likeness (QED) is 0.515. The average Bonchev–Trinajstić information content (AvgIpc) is 2.68. The zero-order valence-corrected chi connectivity index (χ0v) is 11.9. The second kappa shape index (κ2) is 5.26. The molecule has 0 amide bonds. The predicted molar refractivity (Wildman–Crippen MR) is 74.2 cm³/mol. The van der Waals surface area contributed by atoms with Gasteiger partial charge >= 0.3 is 0 Å². The van der Waals surface area contributed by atoms with E-state index in [1.165, 1.54) is 24.6 Å². The topological polar surface area (TPSA) is 54.9 Å². The van der Waals surface area contributed by atoms with Crippen molar-refractivity contribution < 1.29 is 4.79 Å². The van der Waals surface area contributed by atoms with Gasteiger partial charge in [0.1, 0.15) is 5.82 Å². The van der Waals surface area contributed by atoms with Crippen LogP contribution in [-0.2, 0) is 0 Å². The first-order valence-corrected chi connectivity index (χ1v) is 7.42. The summed E-state index contributed by atoms with van der Waals surface area (Å²) in [5, 5.41) is 4.12. The van der Waals surface area contributed by atoms with Gasteiger partial charge in [-0.2, -0.15) is 0 Å². The van der Waals surface area contributed by atoms with Crippen molar-refractivity contribution in [3.05, 3.63) is 11.8 Å². The summed E-state index contributed by atoms with van der Waals surface area (Å²) in [6.07, 6.45) is 7.90. The molecule has 1 atom stereocenters. The molecule has 1 N–H and O–H groups in total. The fourth-order valence-electron chi connectivity index (χ4n) is 2.43. The van der Waals surface area contributed by atoms with Crippen molar-refractivity contribution in [3.63, 3.8) is 0 Å². The number of anilines is 1. The number of thioether (sulfide) groups is 1. The zero-order chi connectivity index (χ0) is 13.2. The van der Waals surface area contributed by atoms with Crippen molar-refractivity contribution in [1.29, 1.82) is 0 Å². The van der Waals surface area contributed by atoms with Crippen molar-refractivity contribution in [2.75, 3.05) is 11.6 Å². The molecular weight excluding hydrogens is 246 g/mol. The summed E-state index contributed by atoms with van der Waals surface area (Å²) >= 11 is 1.48. The lowest BCUT2D eigenvalue weighted by Crippen LogP contribution is -2.31. The van der Waals surface area contributed by atoms with Gasteiger partial charge in [0, 0.05) is 12.2 Å². The highest BCUT2D eigenvalue weighted by atomic mass is 32.2. The van der Waals surface area contributed by atoms with Gasteiger partial charge in [0.25, 0.3) is 0 Å². The molecular formula is C13H19N3OS. The minimum atomic E-state index is 0.255. The Bertz CT molecular complexity index is 448. The Kier molecular flexibility index (Phi) is 3.90. The second-order valence-electron chi connectivity index (χ2n) is 5.36. The predicted octanol–water partition coefficient (Wildman–Crippen LogP) is 3.00. The van der Waals surface area contributed by atoms with Crippen molar-refractivity contribution >= 4 is 23.9 Å². The highest BCUT2D eigenvalue weighted by molar-refractivity contribution is 7.98. The van der Waals surface area contributed by atoms with Crippen LogP contribution in [0.25, 0.3) is 0 Å². The number of hydrogen-bond donors (Lipinski definition) is 1. The van der Waals surface area contributed by atoms with E-state index in [-0.39, 0.29) is 5.41 Å². The standard InChI is InChI=1S/C13H19N3OS/c1-13(2)6-4-5-10(13)15-11-9(8-17)7-14-12(16-11)18-3/h7-8,10H,4-6H2,1-3H3,(H,14,15,16). The van der Waals surface area contributed by atoms with Crippen LogP contribution in [0, 0.1) is 5.41 Å². The van der Waals surface area contributed by atoms with E-state index in [0.717, 1.165) is 12.7 Å². The fraction of sp³-hybridized carbons (Fsp3) is 0.615. The minimum absolute atomic E-state index is 0.255. The minimum Gasteiger partial charge on any atom is -0.366 e. The number of nitrogens with zero attached hydrogens (tertiary/aromatic N) is 2. The molecule has 1 aliphatic rings. The third-order valence-electron chi connectivity index (χ3n) is 3.67. The van der Waals surface area contributed by atoms with E-state index in [4.69, 9.17) is 0 Å². The Morgan fingerprint density at radius 1 is 1.56 bits per heavy atom. The van der Waals surface area contributed by atoms with Gasteiger partial charge in [-0.3, -0.25) is 4.79 Å². The van der Waals surface area contributed by atoms with Crippen LogP contribution in [0.4, 0.5) is 5.82 Å². The summed E-state index contributed by atoms with van der Waals surface area (Å²) in [6, 6.07) is 0.376. The Morgan fingerprint density at radius 3 is 2.89 bits per heavy atom. The maximum Gasteiger partial charge on any atom is 0.189 e. The molecule has 0 aromatic carbocycles. The van der Waals surface area contributed by atoms with Crippen molar-refractivity contribution in [3.8, 4) is 0 Å². The first-order valence-electron chi connectivity index (χ1n) is 6.19. The normalized spacial score (nSPS) is 21.8. The number of carbonyl (C=O) groups is 1. The van der Waals surface area contributed by atoms with Crippen molar-refractivity contribution in [2.24, 2.45) is 5.41 Å². The molecule has 4 nitrogen and oxygen atoms in total. The number of hydrogen-bond acceptors (Lipinski definition) is 5. The van der Waals surface area contributed by atoms with Gasteiger partial charge in [-0.05, 0) is 24.5 Å². The van der Waals surface area contributed by atoms with Crippen LogP contribution in [-0.4, -0.2) is 28.6 Å². The number of aromatic nitrogens is 2. The maximum atomic E-state index is 11.0. The van der Waals surface area contributed by atoms with Crippen LogP contribution < -0.4 is 5.32 Å². The molecule has 1 aromatic heterocycles. The zero-order valence-electron chi connectivity index (χ0n) is 11.1. The van der Waals surface area contributed by atoms with Crippen LogP contribution in [0.2, 0.25) is 0 Å². The Balaban J connectivity index is 2.24. The fourth-order valence-corrected chi connectivity index (χ4v) is 2.78. The lowest BCUT2D eigenvalue weighted by atomic mass is 9.87. The molecule has 0 bridgehead atoms. The van der Waals surface area contributed by atoms with Gasteiger partial charge in [-0.15, -0.1) is 0 Å². The van der Waals surface area contributed by atoms with Crippen molar-refractivity contribution in [2.45, 2.75) is 44.3 Å². The molecule has 0 aliphatic heterocycles. The molecule has 1 saturated carbocycles. The molecule has 1 aromatic rings. The van der Waals surface area contributed by atoms with Crippen LogP contribution in [0.5, 0.6) is 0 Å². The van der Waals surface area contributed by atoms with Crippen LogP contribution in [0.15, 0.2) is 11.4 Å². The highest BCUT2D eigenvalue weighted by Gasteiger charge is 2.34. The average molecular weight is 265 g/mol. The summed E-state index contributed by atoms with van der Waals surface area (Å²) < 4.78 is 0. The monoisotopic (exact) mass is 265 g/mol. The lowest BCUT2D eigenvalue weighted by Gasteiger charge is -2.28. The number of aldehydes is 1. The lowest BCUT2D eigenvalue weighted by molar-refractivity contribution is 0.112. The molecule has 0 saturated heterocycles. The van der Waals surface area contributed by atoms with Gasteiger partial charge in [-0.25, -0.2) is 9.97 Å². The smallest absolute Gasteiger partial charge is 0.189 e. The highest BCUT2D eigenvalue weighted by Crippen LogP contribution is 2.39. The molecule has 5 heteroatoms. The number of rotatable bonds is 4. The molecule has 0 spiro atoms. The molecule has 98 valence electrons. The summed E-state index contributed by atoms with van der Waals surface area (Å²) in [7, 11) is 0. The molecule has 2 rings (SSSR count). The first-order chi connectivity index (χ1) is 8.56. The summed E-state index contributed by atoms with van der Waals surface area (Å²) in [6.45, 7) is 4.52. The maximum absolute atomic E-state index is 11.0. The largest absolute Gasteiger partial charge is 0.366 e. The van der Waals surface area contributed by atoms with E-state index in [1.807, 2.05) is 6.26 Å². The third kappa shape index (κ3) is 2.66. The Labute approximate surface area is 112 Å². The van der Waals surface area contributed by atoms with E-state index in [0.29, 0.717) is 22.6 Å². The first kappa shape index (κ1) is 13.3. The van der Waals surface area contributed by atoms with Crippen LogP contribution >= 0.6 is 11.8 Å². The Morgan fingerprint density at radius 2 is 2.33 bits per heavy atom. The van der Waals surface area contributed by atoms with Gasteiger partial charge in [0.05, 0.1) is 5.56 Å². The molecule has 1 heterocycles. The van der Waals surface area contributed by atoms with Gasteiger partial charge in [0.15, 0.2) is 11.4 Å². The summed E-state index contributed by atoms with van der Waals surface area (Å²) in [5.41, 5.74) is 0.792. The second-order valence-corrected chi connectivity index (χ2v) is 6.13. The molecule has 0 radical (unpaired) electrons. The molecule has 18 heavy (non-hydrogen) atoms. The molecule has 1 unspecified atom stereocenters.